The zero-order valence-corrected chi connectivity index (χ0v) is 12.1. The van der Waals surface area contributed by atoms with Gasteiger partial charge in [0.1, 0.15) is 5.82 Å². The number of carbonyl (C=O) groups is 1. The molecule has 0 amide bonds. The molecular formula is C16H16FNO3. The van der Waals surface area contributed by atoms with Gasteiger partial charge in [-0.05, 0) is 24.6 Å². The molecule has 0 saturated carbocycles. The lowest BCUT2D eigenvalue weighted by atomic mass is 9.98. The van der Waals surface area contributed by atoms with Crippen molar-refractivity contribution >= 4 is 11.5 Å². The van der Waals surface area contributed by atoms with Gasteiger partial charge in [0.05, 0.1) is 19.8 Å². The summed E-state index contributed by atoms with van der Waals surface area (Å²) in [6.45, 7) is 1.79. The predicted octanol–water partition coefficient (Wildman–Crippen LogP) is 2.96. The molecule has 21 heavy (non-hydrogen) atoms. The molecule has 0 aliphatic heterocycles. The second kappa shape index (κ2) is 5.83. The summed E-state index contributed by atoms with van der Waals surface area (Å²) in [5, 5.41) is 0. The van der Waals surface area contributed by atoms with Gasteiger partial charge < -0.3 is 15.2 Å². The smallest absolute Gasteiger partial charge is 0.198 e. The molecule has 0 aliphatic carbocycles. The van der Waals surface area contributed by atoms with E-state index in [0.717, 1.165) is 11.6 Å². The standard InChI is InChI=1S/C16H16FNO3/c1-9-5-4-6-10(15(9)18)16(19)11-7-13(20-2)14(21-3)8-12(11)17/h4-8H,18H2,1-3H3. The van der Waals surface area contributed by atoms with Crippen molar-refractivity contribution in [3.05, 3.63) is 52.8 Å². The van der Waals surface area contributed by atoms with Crippen LogP contribution in [0.2, 0.25) is 0 Å². The molecule has 0 aromatic heterocycles. The van der Waals surface area contributed by atoms with Crippen LogP contribution in [0.3, 0.4) is 0 Å². The molecule has 0 heterocycles. The molecular weight excluding hydrogens is 273 g/mol. The maximum absolute atomic E-state index is 14.1. The number of aryl methyl sites for hydroxylation is 1. The molecule has 5 heteroatoms. The Morgan fingerprint density at radius 1 is 1.10 bits per heavy atom. The molecule has 0 radical (unpaired) electrons. The average molecular weight is 289 g/mol. The van der Waals surface area contributed by atoms with Gasteiger partial charge in [0.15, 0.2) is 17.3 Å². The van der Waals surface area contributed by atoms with E-state index in [-0.39, 0.29) is 22.6 Å². The van der Waals surface area contributed by atoms with Crippen molar-refractivity contribution in [2.45, 2.75) is 6.92 Å². The van der Waals surface area contributed by atoms with Gasteiger partial charge in [0.25, 0.3) is 0 Å². The number of halogens is 1. The first-order valence-corrected chi connectivity index (χ1v) is 6.31. The van der Waals surface area contributed by atoms with Crippen LogP contribution in [0.5, 0.6) is 11.5 Å². The van der Waals surface area contributed by atoms with E-state index < -0.39 is 11.6 Å². The van der Waals surface area contributed by atoms with Crippen LogP contribution in [-0.2, 0) is 0 Å². The molecule has 0 spiro atoms. The first kappa shape index (κ1) is 14.8. The third-order valence-electron chi connectivity index (χ3n) is 3.29. The number of methoxy groups -OCH3 is 2. The van der Waals surface area contributed by atoms with Crippen molar-refractivity contribution < 1.29 is 18.7 Å². The van der Waals surface area contributed by atoms with Crippen molar-refractivity contribution in [2.24, 2.45) is 0 Å². The molecule has 0 bridgehead atoms. The van der Waals surface area contributed by atoms with Crippen molar-refractivity contribution in [1.29, 1.82) is 0 Å². The number of para-hydroxylation sites is 1. The van der Waals surface area contributed by atoms with E-state index in [9.17, 15) is 9.18 Å². The largest absolute Gasteiger partial charge is 0.493 e. The van der Waals surface area contributed by atoms with Crippen LogP contribution in [-0.4, -0.2) is 20.0 Å². The zero-order chi connectivity index (χ0) is 15.6. The van der Waals surface area contributed by atoms with E-state index in [1.807, 2.05) is 0 Å². The van der Waals surface area contributed by atoms with E-state index in [4.69, 9.17) is 15.2 Å². The minimum atomic E-state index is -0.682. The monoisotopic (exact) mass is 289 g/mol. The highest BCUT2D eigenvalue weighted by Gasteiger charge is 2.20. The fourth-order valence-corrected chi connectivity index (χ4v) is 2.05. The Hall–Kier alpha value is -2.56. The highest BCUT2D eigenvalue weighted by atomic mass is 19.1. The van der Waals surface area contributed by atoms with Crippen LogP contribution in [0.25, 0.3) is 0 Å². The maximum Gasteiger partial charge on any atom is 0.198 e. The average Bonchev–Trinajstić information content (AvgIpc) is 2.49. The summed E-state index contributed by atoms with van der Waals surface area (Å²) in [4.78, 5) is 12.5. The fourth-order valence-electron chi connectivity index (χ4n) is 2.05. The molecule has 110 valence electrons. The van der Waals surface area contributed by atoms with Crippen LogP contribution in [0.4, 0.5) is 10.1 Å². The number of ketones is 1. The zero-order valence-electron chi connectivity index (χ0n) is 12.1. The second-order valence-corrected chi connectivity index (χ2v) is 4.55. The number of benzene rings is 2. The molecule has 2 aromatic rings. The van der Waals surface area contributed by atoms with Gasteiger partial charge >= 0.3 is 0 Å². The van der Waals surface area contributed by atoms with Crippen molar-refractivity contribution in [3.63, 3.8) is 0 Å². The highest BCUT2D eigenvalue weighted by molar-refractivity contribution is 6.12. The lowest BCUT2D eigenvalue weighted by molar-refractivity contribution is 0.103. The third kappa shape index (κ3) is 2.67. The maximum atomic E-state index is 14.1. The third-order valence-corrected chi connectivity index (χ3v) is 3.29. The quantitative estimate of drug-likeness (QED) is 0.694. The van der Waals surface area contributed by atoms with Gasteiger partial charge in [0, 0.05) is 17.3 Å². The topological polar surface area (TPSA) is 61.5 Å². The lowest BCUT2D eigenvalue weighted by Crippen LogP contribution is -2.09. The second-order valence-electron chi connectivity index (χ2n) is 4.55. The summed E-state index contributed by atoms with van der Waals surface area (Å²) >= 11 is 0. The van der Waals surface area contributed by atoms with E-state index in [1.54, 1.807) is 25.1 Å². The molecule has 2 rings (SSSR count). The van der Waals surface area contributed by atoms with Crippen molar-refractivity contribution in [3.8, 4) is 11.5 Å². The minimum absolute atomic E-state index is 0.107. The van der Waals surface area contributed by atoms with E-state index in [2.05, 4.69) is 0 Å². The van der Waals surface area contributed by atoms with E-state index in [0.29, 0.717) is 5.69 Å². The van der Waals surface area contributed by atoms with Gasteiger partial charge in [-0.1, -0.05) is 12.1 Å². The Balaban J connectivity index is 2.56. The summed E-state index contributed by atoms with van der Waals surface area (Å²) in [6, 6.07) is 7.51. The highest BCUT2D eigenvalue weighted by Crippen LogP contribution is 2.31. The Kier molecular flexibility index (Phi) is 4.12. The predicted molar refractivity (Wildman–Crippen MR) is 78.5 cm³/mol. The molecule has 2 N–H and O–H groups in total. The Bertz CT molecular complexity index is 698. The van der Waals surface area contributed by atoms with E-state index in [1.165, 1.54) is 20.3 Å². The fraction of sp³-hybridized carbons (Fsp3) is 0.188. The van der Waals surface area contributed by atoms with Gasteiger partial charge in [-0.3, -0.25) is 4.79 Å². The molecule has 0 saturated heterocycles. The number of hydrogen-bond acceptors (Lipinski definition) is 4. The van der Waals surface area contributed by atoms with Crippen molar-refractivity contribution in [2.75, 3.05) is 20.0 Å². The summed E-state index contributed by atoms with van der Waals surface area (Å²) in [5.74, 6) is -0.662. The van der Waals surface area contributed by atoms with Crippen LogP contribution in [0, 0.1) is 12.7 Å². The first-order valence-electron chi connectivity index (χ1n) is 6.31. The number of nitrogens with two attached hydrogens (primary N) is 1. The SMILES string of the molecule is COc1cc(F)c(C(=O)c2cccc(C)c2N)cc1OC. The van der Waals surface area contributed by atoms with Crippen molar-refractivity contribution in [1.82, 2.24) is 0 Å². The number of rotatable bonds is 4. The molecule has 0 aliphatic rings. The Morgan fingerprint density at radius 2 is 1.71 bits per heavy atom. The van der Waals surface area contributed by atoms with Crippen LogP contribution in [0.1, 0.15) is 21.5 Å². The number of nitrogen functional groups attached to an aromatic ring is 1. The molecule has 0 unspecified atom stereocenters. The van der Waals surface area contributed by atoms with Gasteiger partial charge in [-0.25, -0.2) is 4.39 Å². The number of ether oxygens (including phenoxy) is 2. The van der Waals surface area contributed by atoms with Crippen LogP contribution < -0.4 is 15.2 Å². The molecule has 2 aromatic carbocycles. The Labute approximate surface area is 122 Å². The molecule has 0 fully saturated rings. The number of hydrogen-bond donors (Lipinski definition) is 1. The Morgan fingerprint density at radius 3 is 2.33 bits per heavy atom. The van der Waals surface area contributed by atoms with Gasteiger partial charge in [0.2, 0.25) is 0 Å². The number of anilines is 1. The summed E-state index contributed by atoms with van der Waals surface area (Å²) in [5.41, 5.74) is 7.17. The lowest BCUT2D eigenvalue weighted by Gasteiger charge is -2.12. The minimum Gasteiger partial charge on any atom is -0.493 e. The normalized spacial score (nSPS) is 10.3. The summed E-state index contributed by atoms with van der Waals surface area (Å²) in [7, 11) is 2.82. The summed E-state index contributed by atoms with van der Waals surface area (Å²) < 4.78 is 24.2. The van der Waals surface area contributed by atoms with E-state index >= 15 is 0 Å². The van der Waals surface area contributed by atoms with Crippen LogP contribution in [0.15, 0.2) is 30.3 Å². The summed E-state index contributed by atoms with van der Waals surface area (Å²) in [6.07, 6.45) is 0. The number of carbonyl (C=O) groups excluding carboxylic acids is 1. The molecule has 4 nitrogen and oxygen atoms in total. The van der Waals surface area contributed by atoms with Gasteiger partial charge in [-0.15, -0.1) is 0 Å². The first-order chi connectivity index (χ1) is 9.99. The molecule has 0 atom stereocenters. The van der Waals surface area contributed by atoms with Crippen LogP contribution >= 0.6 is 0 Å². The van der Waals surface area contributed by atoms with Gasteiger partial charge in [-0.2, -0.15) is 0 Å².